The standard InChI is InChI=1S/C18H19NO/c20-17-12-7-13-19(14-17)18(15-8-3-1-4-9-15)16-10-5-2-6-11-16/h1-6,8-11,18H,7,12-14H2. The molecular formula is C18H19NO. The largest absolute Gasteiger partial charge is 0.298 e. The Morgan fingerprint density at radius 3 is 1.90 bits per heavy atom. The molecule has 1 heterocycles. The van der Waals surface area contributed by atoms with Crippen LogP contribution in [0.5, 0.6) is 0 Å². The first-order valence-corrected chi connectivity index (χ1v) is 7.20. The van der Waals surface area contributed by atoms with Crippen LogP contribution < -0.4 is 0 Å². The molecule has 0 amide bonds. The van der Waals surface area contributed by atoms with E-state index in [-0.39, 0.29) is 6.04 Å². The Morgan fingerprint density at radius 2 is 1.40 bits per heavy atom. The summed E-state index contributed by atoms with van der Waals surface area (Å²) in [6.45, 7) is 1.55. The van der Waals surface area contributed by atoms with E-state index < -0.39 is 0 Å². The van der Waals surface area contributed by atoms with Gasteiger partial charge in [-0.3, -0.25) is 9.69 Å². The van der Waals surface area contributed by atoms with Crippen molar-refractivity contribution < 1.29 is 4.79 Å². The number of benzene rings is 2. The zero-order valence-corrected chi connectivity index (χ0v) is 11.5. The van der Waals surface area contributed by atoms with Crippen LogP contribution in [-0.2, 0) is 4.79 Å². The zero-order chi connectivity index (χ0) is 13.8. The first-order chi connectivity index (χ1) is 9.84. The maximum Gasteiger partial charge on any atom is 0.146 e. The van der Waals surface area contributed by atoms with Gasteiger partial charge in [-0.25, -0.2) is 0 Å². The molecule has 2 aromatic carbocycles. The SMILES string of the molecule is O=C1CCCN(C(c2ccccc2)c2ccccc2)C1. The summed E-state index contributed by atoms with van der Waals surface area (Å²) in [7, 11) is 0. The summed E-state index contributed by atoms with van der Waals surface area (Å²) in [6.07, 6.45) is 1.70. The summed E-state index contributed by atoms with van der Waals surface area (Å²) < 4.78 is 0. The van der Waals surface area contributed by atoms with E-state index in [0.29, 0.717) is 12.3 Å². The third-order valence-corrected chi connectivity index (χ3v) is 3.88. The molecule has 2 nitrogen and oxygen atoms in total. The van der Waals surface area contributed by atoms with Gasteiger partial charge in [0.1, 0.15) is 5.78 Å². The lowest BCUT2D eigenvalue weighted by Crippen LogP contribution is -2.38. The van der Waals surface area contributed by atoms with Crippen LogP contribution >= 0.6 is 0 Å². The van der Waals surface area contributed by atoms with Gasteiger partial charge in [-0.15, -0.1) is 0 Å². The number of hydrogen-bond acceptors (Lipinski definition) is 2. The molecule has 102 valence electrons. The van der Waals surface area contributed by atoms with Gasteiger partial charge in [0.15, 0.2) is 0 Å². The quantitative estimate of drug-likeness (QED) is 0.847. The number of ketones is 1. The highest BCUT2D eigenvalue weighted by molar-refractivity contribution is 5.81. The van der Waals surface area contributed by atoms with Crippen LogP contribution in [0.1, 0.15) is 30.0 Å². The molecule has 0 aromatic heterocycles. The molecule has 2 heteroatoms. The maximum absolute atomic E-state index is 11.8. The van der Waals surface area contributed by atoms with Crippen LogP contribution in [0.4, 0.5) is 0 Å². The molecule has 0 bridgehead atoms. The van der Waals surface area contributed by atoms with Gasteiger partial charge in [0.2, 0.25) is 0 Å². The Kier molecular flexibility index (Phi) is 3.93. The number of hydrogen-bond donors (Lipinski definition) is 0. The van der Waals surface area contributed by atoms with Gasteiger partial charge in [0.25, 0.3) is 0 Å². The second kappa shape index (κ2) is 6.02. The van der Waals surface area contributed by atoms with Crippen molar-refractivity contribution in [2.75, 3.05) is 13.1 Å². The van der Waals surface area contributed by atoms with E-state index in [4.69, 9.17) is 0 Å². The van der Waals surface area contributed by atoms with Crippen molar-refractivity contribution in [2.45, 2.75) is 18.9 Å². The van der Waals surface area contributed by atoms with Crippen LogP contribution in [0, 0.1) is 0 Å². The molecule has 0 spiro atoms. The van der Waals surface area contributed by atoms with E-state index >= 15 is 0 Å². The van der Waals surface area contributed by atoms with Crippen LogP contribution in [0.15, 0.2) is 60.7 Å². The molecule has 0 aliphatic carbocycles. The van der Waals surface area contributed by atoms with E-state index in [0.717, 1.165) is 19.4 Å². The third-order valence-electron chi connectivity index (χ3n) is 3.88. The molecule has 0 N–H and O–H groups in total. The molecule has 1 fully saturated rings. The summed E-state index contributed by atoms with van der Waals surface area (Å²) >= 11 is 0. The molecule has 0 unspecified atom stereocenters. The van der Waals surface area contributed by atoms with E-state index in [1.54, 1.807) is 0 Å². The van der Waals surface area contributed by atoms with Crippen molar-refractivity contribution in [1.82, 2.24) is 4.90 Å². The monoisotopic (exact) mass is 265 g/mol. The Bertz CT molecular complexity index is 525. The van der Waals surface area contributed by atoms with Crippen molar-refractivity contribution >= 4 is 5.78 Å². The van der Waals surface area contributed by atoms with Crippen LogP contribution in [0.25, 0.3) is 0 Å². The molecule has 0 atom stereocenters. The van der Waals surface area contributed by atoms with Gasteiger partial charge >= 0.3 is 0 Å². The number of carbonyl (C=O) groups excluding carboxylic acids is 1. The lowest BCUT2D eigenvalue weighted by molar-refractivity contribution is -0.122. The van der Waals surface area contributed by atoms with Gasteiger partial charge in [-0.1, -0.05) is 60.7 Å². The fraction of sp³-hybridized carbons (Fsp3) is 0.278. The maximum atomic E-state index is 11.8. The Morgan fingerprint density at radius 1 is 0.850 bits per heavy atom. The van der Waals surface area contributed by atoms with Crippen molar-refractivity contribution in [1.29, 1.82) is 0 Å². The molecule has 0 saturated carbocycles. The molecule has 2 aromatic rings. The van der Waals surface area contributed by atoms with Crippen LogP contribution in [-0.4, -0.2) is 23.8 Å². The normalized spacial score (nSPS) is 16.6. The Labute approximate surface area is 120 Å². The van der Waals surface area contributed by atoms with Crippen LogP contribution in [0.3, 0.4) is 0 Å². The lowest BCUT2D eigenvalue weighted by Gasteiger charge is -2.34. The summed E-state index contributed by atoms with van der Waals surface area (Å²) in [5.41, 5.74) is 2.52. The van der Waals surface area contributed by atoms with Crippen molar-refractivity contribution in [3.05, 3.63) is 71.8 Å². The smallest absolute Gasteiger partial charge is 0.146 e. The fourth-order valence-electron chi connectivity index (χ4n) is 2.97. The highest BCUT2D eigenvalue weighted by Crippen LogP contribution is 2.30. The number of rotatable bonds is 3. The molecule has 1 saturated heterocycles. The first kappa shape index (κ1) is 13.1. The number of piperidine rings is 1. The van der Waals surface area contributed by atoms with Gasteiger partial charge < -0.3 is 0 Å². The molecule has 1 aliphatic rings. The number of carbonyl (C=O) groups is 1. The fourth-order valence-corrected chi connectivity index (χ4v) is 2.97. The highest BCUT2D eigenvalue weighted by Gasteiger charge is 2.26. The lowest BCUT2D eigenvalue weighted by atomic mass is 9.95. The molecule has 3 rings (SSSR count). The molecule has 1 aliphatic heterocycles. The number of likely N-dealkylation sites (tertiary alicyclic amines) is 1. The van der Waals surface area contributed by atoms with Gasteiger partial charge in [0.05, 0.1) is 12.6 Å². The summed E-state index contributed by atoms with van der Waals surface area (Å²) in [4.78, 5) is 14.1. The van der Waals surface area contributed by atoms with E-state index in [1.165, 1.54) is 11.1 Å². The minimum Gasteiger partial charge on any atom is -0.298 e. The molecule has 20 heavy (non-hydrogen) atoms. The molecular weight excluding hydrogens is 246 g/mol. The average Bonchev–Trinajstić information content (AvgIpc) is 2.50. The van der Waals surface area contributed by atoms with Gasteiger partial charge in [-0.05, 0) is 24.1 Å². The topological polar surface area (TPSA) is 20.3 Å². The predicted octanol–water partition coefficient (Wildman–Crippen LogP) is 3.44. The summed E-state index contributed by atoms with van der Waals surface area (Å²) in [6, 6.07) is 21.1. The highest BCUT2D eigenvalue weighted by atomic mass is 16.1. The van der Waals surface area contributed by atoms with Crippen molar-refractivity contribution in [3.63, 3.8) is 0 Å². The minimum absolute atomic E-state index is 0.182. The van der Waals surface area contributed by atoms with E-state index in [1.807, 2.05) is 12.1 Å². The van der Waals surface area contributed by atoms with Crippen molar-refractivity contribution in [3.8, 4) is 0 Å². The minimum atomic E-state index is 0.182. The van der Waals surface area contributed by atoms with E-state index in [9.17, 15) is 4.79 Å². The Hall–Kier alpha value is -1.93. The van der Waals surface area contributed by atoms with Gasteiger partial charge in [0, 0.05) is 6.42 Å². The summed E-state index contributed by atoms with van der Waals surface area (Å²) in [5.74, 6) is 0.355. The van der Waals surface area contributed by atoms with Crippen molar-refractivity contribution in [2.24, 2.45) is 0 Å². The van der Waals surface area contributed by atoms with Crippen LogP contribution in [0.2, 0.25) is 0 Å². The van der Waals surface area contributed by atoms with E-state index in [2.05, 4.69) is 53.4 Å². The second-order valence-electron chi connectivity index (χ2n) is 5.34. The first-order valence-electron chi connectivity index (χ1n) is 7.20. The average molecular weight is 265 g/mol. The third kappa shape index (κ3) is 2.81. The number of Topliss-reactive ketones (excluding diaryl/α,β-unsaturated/α-hetero) is 1. The Balaban J connectivity index is 1.97. The van der Waals surface area contributed by atoms with Gasteiger partial charge in [-0.2, -0.15) is 0 Å². The number of nitrogens with zero attached hydrogens (tertiary/aromatic N) is 1. The molecule has 0 radical (unpaired) electrons. The predicted molar refractivity (Wildman–Crippen MR) is 80.5 cm³/mol. The zero-order valence-electron chi connectivity index (χ0n) is 11.5. The second-order valence-corrected chi connectivity index (χ2v) is 5.34. The summed E-state index contributed by atoms with van der Waals surface area (Å²) in [5, 5.41) is 0.